The number of sulfonamides is 1. The molecule has 1 atom stereocenters. The highest BCUT2D eigenvalue weighted by atomic mass is 32.2. The van der Waals surface area contributed by atoms with E-state index in [-0.39, 0.29) is 23.7 Å². The van der Waals surface area contributed by atoms with Gasteiger partial charge >= 0.3 is 0 Å². The number of benzene rings is 2. The molecule has 0 bridgehead atoms. The number of halogens is 1. The Morgan fingerprint density at radius 1 is 1.29 bits per heavy atom. The molecular weight excluding hydrogens is 499 g/mol. The minimum absolute atomic E-state index is 0.0313. The average molecular weight is 523 g/mol. The summed E-state index contributed by atoms with van der Waals surface area (Å²) in [7, 11) is -2.34. The van der Waals surface area contributed by atoms with Gasteiger partial charge in [0.2, 0.25) is 10.0 Å². The fourth-order valence-electron chi connectivity index (χ4n) is 3.96. The first-order valence-corrected chi connectivity index (χ1v) is 13.1. The molecular formula is C22H23FN4O6S2. The van der Waals surface area contributed by atoms with Crippen molar-refractivity contribution in [2.45, 2.75) is 24.3 Å². The summed E-state index contributed by atoms with van der Waals surface area (Å²) in [6.07, 6.45) is 0.959. The molecule has 13 heteroatoms. The lowest BCUT2D eigenvalue weighted by Crippen LogP contribution is -2.42. The first-order valence-electron chi connectivity index (χ1n) is 10.8. The van der Waals surface area contributed by atoms with Crippen molar-refractivity contribution in [1.82, 2.24) is 8.87 Å². The lowest BCUT2D eigenvalue weighted by atomic mass is 9.99. The van der Waals surface area contributed by atoms with Crippen molar-refractivity contribution < 1.29 is 27.3 Å². The molecule has 35 heavy (non-hydrogen) atoms. The summed E-state index contributed by atoms with van der Waals surface area (Å²) in [6.45, 7) is 0.952. The number of methoxy groups -OCH3 is 1. The largest absolute Gasteiger partial charge is 0.383 e. The van der Waals surface area contributed by atoms with E-state index in [0.717, 1.165) is 23.5 Å². The number of nitro groups is 1. The molecule has 0 aliphatic carbocycles. The summed E-state index contributed by atoms with van der Waals surface area (Å²) < 4.78 is 48.0. The quantitative estimate of drug-likeness (QED) is 0.347. The monoisotopic (exact) mass is 522 g/mol. The number of thiazole rings is 1. The molecule has 1 fully saturated rings. The van der Waals surface area contributed by atoms with Gasteiger partial charge in [0, 0.05) is 38.9 Å². The van der Waals surface area contributed by atoms with Crippen LogP contribution < -0.4 is 4.80 Å². The predicted octanol–water partition coefficient (Wildman–Crippen LogP) is 2.92. The molecule has 1 aliphatic heterocycles. The van der Waals surface area contributed by atoms with Gasteiger partial charge in [0.05, 0.1) is 32.6 Å². The highest BCUT2D eigenvalue weighted by Crippen LogP contribution is 2.26. The molecule has 1 aromatic heterocycles. The van der Waals surface area contributed by atoms with Crippen molar-refractivity contribution in [3.63, 3.8) is 0 Å². The molecule has 0 spiro atoms. The van der Waals surface area contributed by atoms with Gasteiger partial charge in [-0.25, -0.2) is 12.8 Å². The third kappa shape index (κ3) is 5.32. The number of amides is 1. The van der Waals surface area contributed by atoms with Crippen LogP contribution in [0.2, 0.25) is 0 Å². The maximum Gasteiger partial charge on any atom is 0.270 e. The number of ether oxygens (including phenoxy) is 1. The van der Waals surface area contributed by atoms with Crippen molar-refractivity contribution in [2.75, 3.05) is 26.8 Å². The van der Waals surface area contributed by atoms with Crippen molar-refractivity contribution in [3.05, 3.63) is 63.2 Å². The van der Waals surface area contributed by atoms with E-state index in [4.69, 9.17) is 4.74 Å². The topological polar surface area (TPSA) is 124 Å². The molecule has 0 radical (unpaired) electrons. The fourth-order valence-corrected chi connectivity index (χ4v) is 6.58. The molecule has 3 aromatic rings. The molecule has 1 aliphatic rings. The Balaban J connectivity index is 1.64. The zero-order valence-electron chi connectivity index (χ0n) is 18.8. The number of aromatic nitrogens is 1. The number of non-ortho nitro benzene ring substituents is 1. The molecule has 0 saturated carbocycles. The zero-order valence-corrected chi connectivity index (χ0v) is 20.4. The minimum atomic E-state index is -3.88. The molecule has 1 saturated heterocycles. The SMILES string of the molecule is COCCn1c(=NC(=O)C2CCCN(S(=O)(=O)c3ccc(F)cc3)C2)sc2cc([N+](=O)[O-])ccc21. The van der Waals surface area contributed by atoms with E-state index < -0.39 is 32.6 Å². The van der Waals surface area contributed by atoms with E-state index in [1.807, 2.05) is 0 Å². The van der Waals surface area contributed by atoms with Crippen molar-refractivity contribution in [2.24, 2.45) is 10.9 Å². The Bertz CT molecular complexity index is 1430. The van der Waals surface area contributed by atoms with Gasteiger partial charge in [-0.15, -0.1) is 0 Å². The van der Waals surface area contributed by atoms with Crippen LogP contribution >= 0.6 is 11.3 Å². The van der Waals surface area contributed by atoms with E-state index in [2.05, 4.69) is 4.99 Å². The second-order valence-electron chi connectivity index (χ2n) is 8.04. The summed E-state index contributed by atoms with van der Waals surface area (Å²) in [5.74, 6) is -1.64. The Morgan fingerprint density at radius 3 is 2.71 bits per heavy atom. The van der Waals surface area contributed by atoms with Crippen molar-refractivity contribution >= 4 is 43.2 Å². The van der Waals surface area contributed by atoms with Crippen LogP contribution in [0, 0.1) is 21.8 Å². The highest BCUT2D eigenvalue weighted by Gasteiger charge is 2.33. The third-order valence-electron chi connectivity index (χ3n) is 5.79. The average Bonchev–Trinajstić information content (AvgIpc) is 3.18. The number of carbonyl (C=O) groups is 1. The number of rotatable bonds is 7. The van der Waals surface area contributed by atoms with Crippen LogP contribution in [-0.4, -0.2) is 54.9 Å². The van der Waals surface area contributed by atoms with Gasteiger partial charge in [-0.2, -0.15) is 9.30 Å². The Morgan fingerprint density at radius 2 is 2.03 bits per heavy atom. The third-order valence-corrected chi connectivity index (χ3v) is 8.71. The molecule has 10 nitrogen and oxygen atoms in total. The van der Waals surface area contributed by atoms with Crippen molar-refractivity contribution in [1.29, 1.82) is 0 Å². The first-order chi connectivity index (χ1) is 16.7. The van der Waals surface area contributed by atoms with E-state index in [0.29, 0.717) is 41.0 Å². The van der Waals surface area contributed by atoms with E-state index >= 15 is 0 Å². The molecule has 4 rings (SSSR count). The molecule has 0 N–H and O–H groups in total. The Kier molecular flexibility index (Phi) is 7.40. The fraction of sp³-hybridized carbons (Fsp3) is 0.364. The van der Waals surface area contributed by atoms with Gasteiger partial charge in [-0.05, 0) is 43.2 Å². The Hall–Kier alpha value is -3.00. The van der Waals surface area contributed by atoms with Gasteiger partial charge in [-0.3, -0.25) is 14.9 Å². The van der Waals surface area contributed by atoms with E-state index in [9.17, 15) is 27.7 Å². The number of hydrogen-bond donors (Lipinski definition) is 0. The van der Waals surface area contributed by atoms with Crippen LogP contribution in [0.4, 0.5) is 10.1 Å². The standard InChI is InChI=1S/C22H23FN4O6S2/c1-33-12-11-26-19-9-6-17(27(29)30)13-20(19)34-22(26)24-21(28)15-3-2-10-25(14-15)35(31,32)18-7-4-16(23)5-8-18/h4-9,13,15H,2-3,10-12,14H2,1H3. The van der Waals surface area contributed by atoms with Crippen LogP contribution in [0.5, 0.6) is 0 Å². The van der Waals surface area contributed by atoms with Crippen molar-refractivity contribution in [3.8, 4) is 0 Å². The summed E-state index contributed by atoms with van der Waals surface area (Å²) in [5.41, 5.74) is 0.623. The molecule has 1 amide bonds. The van der Waals surface area contributed by atoms with E-state index in [1.165, 1.54) is 28.6 Å². The summed E-state index contributed by atoms with van der Waals surface area (Å²) in [4.78, 5) is 28.4. The number of fused-ring (bicyclic) bond motifs is 1. The maximum absolute atomic E-state index is 13.2. The number of nitro benzene ring substituents is 1. The summed E-state index contributed by atoms with van der Waals surface area (Å²) >= 11 is 1.15. The first kappa shape index (κ1) is 25.1. The van der Waals surface area contributed by atoms with Gasteiger partial charge in [0.15, 0.2) is 4.80 Å². The second kappa shape index (κ2) is 10.3. The number of hydrogen-bond acceptors (Lipinski definition) is 7. The van der Waals surface area contributed by atoms with Crippen LogP contribution in [0.3, 0.4) is 0 Å². The van der Waals surface area contributed by atoms with Gasteiger partial charge in [-0.1, -0.05) is 11.3 Å². The normalized spacial score (nSPS) is 17.7. The van der Waals surface area contributed by atoms with E-state index in [1.54, 1.807) is 17.7 Å². The molecule has 1 unspecified atom stereocenters. The van der Waals surface area contributed by atoms with Gasteiger partial charge < -0.3 is 9.30 Å². The summed E-state index contributed by atoms with van der Waals surface area (Å²) in [5, 5.41) is 11.2. The summed E-state index contributed by atoms with van der Waals surface area (Å²) in [6, 6.07) is 9.01. The molecule has 2 aromatic carbocycles. The minimum Gasteiger partial charge on any atom is -0.383 e. The Labute approximate surface area is 204 Å². The lowest BCUT2D eigenvalue weighted by molar-refractivity contribution is -0.384. The van der Waals surface area contributed by atoms with Crippen LogP contribution in [-0.2, 0) is 26.1 Å². The molecule has 186 valence electrons. The predicted molar refractivity (Wildman–Crippen MR) is 127 cm³/mol. The number of piperidine rings is 1. The second-order valence-corrected chi connectivity index (χ2v) is 11.0. The van der Waals surface area contributed by atoms with Crippen LogP contribution in [0.1, 0.15) is 12.8 Å². The smallest absolute Gasteiger partial charge is 0.270 e. The maximum atomic E-state index is 13.2. The number of carbonyl (C=O) groups excluding carboxylic acids is 1. The number of nitrogens with zero attached hydrogens (tertiary/aromatic N) is 4. The molecule has 2 heterocycles. The van der Waals surface area contributed by atoms with Crippen LogP contribution in [0.15, 0.2) is 52.4 Å². The van der Waals surface area contributed by atoms with Gasteiger partial charge in [0.1, 0.15) is 5.82 Å². The highest BCUT2D eigenvalue weighted by molar-refractivity contribution is 7.89. The van der Waals surface area contributed by atoms with Gasteiger partial charge in [0.25, 0.3) is 11.6 Å². The van der Waals surface area contributed by atoms with Crippen LogP contribution in [0.25, 0.3) is 10.2 Å². The zero-order chi connectivity index (χ0) is 25.2. The lowest BCUT2D eigenvalue weighted by Gasteiger charge is -2.30.